The Morgan fingerprint density at radius 1 is 1.10 bits per heavy atom. The van der Waals surface area contributed by atoms with Crippen LogP contribution in [0.25, 0.3) is 0 Å². The fraction of sp³-hybridized carbons (Fsp3) is 0.600. The molecule has 278 valence electrons. The first-order chi connectivity index (χ1) is 24.0. The van der Waals surface area contributed by atoms with Crippen LogP contribution in [0.4, 0.5) is 13.6 Å². The second kappa shape index (κ2) is 14.8. The van der Waals surface area contributed by atoms with E-state index < -0.39 is 87.9 Å². The molecule has 1 aromatic rings. The van der Waals surface area contributed by atoms with E-state index in [2.05, 4.69) is 4.84 Å². The van der Waals surface area contributed by atoms with Crippen LogP contribution in [-0.4, -0.2) is 82.7 Å². The Labute approximate surface area is 292 Å². The predicted molar refractivity (Wildman–Crippen MR) is 172 cm³/mol. The van der Waals surface area contributed by atoms with Gasteiger partial charge in [-0.05, 0) is 79.7 Å². The number of alkyl halides is 1. The topological polar surface area (TPSA) is 215 Å². The summed E-state index contributed by atoms with van der Waals surface area (Å²) in [6.07, 6.45) is -1.71. The fourth-order valence-corrected chi connectivity index (χ4v) is 8.78. The van der Waals surface area contributed by atoms with Crippen molar-refractivity contribution >= 4 is 23.7 Å². The van der Waals surface area contributed by atoms with Crippen molar-refractivity contribution in [2.45, 2.75) is 82.7 Å². The highest BCUT2D eigenvalue weighted by Crippen LogP contribution is 2.69. The number of benzene rings is 1. The number of nitrogens with two attached hydrogens (primary N) is 1. The van der Waals surface area contributed by atoms with Gasteiger partial charge in [0.1, 0.15) is 17.6 Å². The number of ketones is 2. The smallest absolute Gasteiger partial charge is 0.465 e. The first-order valence-electron chi connectivity index (χ1n) is 16.8. The van der Waals surface area contributed by atoms with Crippen molar-refractivity contribution in [2.24, 2.45) is 34.3 Å². The summed E-state index contributed by atoms with van der Waals surface area (Å²) in [5.41, 5.74) is 1.47. The quantitative estimate of drug-likeness (QED) is 0.0877. The lowest BCUT2D eigenvalue weighted by Gasteiger charge is -2.61. The van der Waals surface area contributed by atoms with Gasteiger partial charge in [-0.1, -0.05) is 25.1 Å². The molecule has 1 aromatic carbocycles. The zero-order valence-corrected chi connectivity index (χ0v) is 28.3. The zero-order valence-electron chi connectivity index (χ0n) is 28.3. The van der Waals surface area contributed by atoms with Crippen molar-refractivity contribution in [1.29, 1.82) is 0 Å². The molecule has 0 spiro atoms. The normalized spacial score (nSPS) is 33.0. The summed E-state index contributed by atoms with van der Waals surface area (Å²) in [7, 11) is 0. The minimum absolute atomic E-state index is 0.0154. The fourth-order valence-electron chi connectivity index (χ4n) is 8.78. The van der Waals surface area contributed by atoms with Crippen molar-refractivity contribution in [2.75, 3.05) is 19.8 Å². The number of hydrogen-bond donors (Lipinski definition) is 3. The van der Waals surface area contributed by atoms with E-state index in [-0.39, 0.29) is 62.4 Å². The van der Waals surface area contributed by atoms with E-state index >= 15 is 8.78 Å². The van der Waals surface area contributed by atoms with Crippen LogP contribution in [0.3, 0.4) is 0 Å². The number of hydrogen-bond acceptors (Lipinski definition) is 13. The Hall–Kier alpha value is -4.28. The molecule has 4 aliphatic carbocycles. The van der Waals surface area contributed by atoms with Gasteiger partial charge in [-0.2, -0.15) is 0 Å². The van der Waals surface area contributed by atoms with Crippen LogP contribution in [0.15, 0.2) is 47.8 Å². The average molecular weight is 721 g/mol. The number of fused-ring (bicyclic) bond motifs is 5. The van der Waals surface area contributed by atoms with E-state index in [0.29, 0.717) is 18.4 Å². The highest BCUT2D eigenvalue weighted by molar-refractivity contribution is 5.93. The molecule has 2 unspecified atom stereocenters. The van der Waals surface area contributed by atoms with Crippen LogP contribution >= 0.6 is 0 Å². The van der Waals surface area contributed by atoms with Gasteiger partial charge in [0.2, 0.25) is 0 Å². The number of halogens is 2. The number of carbonyl (C=O) groups is 4. The molecule has 51 heavy (non-hydrogen) atoms. The lowest BCUT2D eigenvalue weighted by molar-refractivity contribution is -0.757. The number of allylic oxidation sites excluding steroid dienone is 4. The molecule has 4 aliphatic rings. The number of carbonyl (C=O) groups excluding carboxylic acids is 4. The number of ether oxygens (including phenoxy) is 3. The number of aliphatic hydroxyl groups is 2. The van der Waals surface area contributed by atoms with E-state index in [1.807, 2.05) is 0 Å². The minimum atomic E-state index is -2.35. The summed E-state index contributed by atoms with van der Waals surface area (Å²) in [5, 5.41) is 31.7. The Morgan fingerprint density at radius 3 is 2.47 bits per heavy atom. The number of esters is 1. The third-order valence-corrected chi connectivity index (χ3v) is 11.2. The van der Waals surface area contributed by atoms with E-state index in [0.717, 1.165) is 0 Å². The maximum absolute atomic E-state index is 17.3. The highest BCUT2D eigenvalue weighted by atomic mass is 19.1. The van der Waals surface area contributed by atoms with Gasteiger partial charge in [-0.15, -0.1) is 10.1 Å². The Kier molecular flexibility index (Phi) is 11.0. The first kappa shape index (κ1) is 38.0. The molecule has 0 aromatic heterocycles. The van der Waals surface area contributed by atoms with Gasteiger partial charge in [-0.25, -0.2) is 13.6 Å². The van der Waals surface area contributed by atoms with Crippen LogP contribution in [-0.2, 0) is 35.1 Å². The van der Waals surface area contributed by atoms with Crippen molar-refractivity contribution in [3.8, 4) is 5.75 Å². The summed E-state index contributed by atoms with van der Waals surface area (Å²) < 4.78 is 48.1. The van der Waals surface area contributed by atoms with Crippen molar-refractivity contribution < 1.29 is 62.3 Å². The predicted octanol–water partition coefficient (Wildman–Crippen LogP) is 3.43. The molecule has 0 bridgehead atoms. The molecule has 5 rings (SSSR count). The zero-order chi connectivity index (χ0) is 37.3. The number of unbranched alkanes of at least 4 members (excludes halogenated alkanes) is 1. The summed E-state index contributed by atoms with van der Waals surface area (Å²) in [6, 6.07) is 4.96. The average Bonchev–Trinajstić information content (AvgIpc) is 3.33. The second-order valence-electron chi connectivity index (χ2n) is 14.2. The van der Waals surface area contributed by atoms with Gasteiger partial charge in [-0.3, -0.25) is 14.4 Å². The van der Waals surface area contributed by atoms with E-state index in [4.69, 9.17) is 19.9 Å². The third kappa shape index (κ3) is 7.26. The maximum Gasteiger partial charge on any atom is 0.514 e. The van der Waals surface area contributed by atoms with Gasteiger partial charge in [0, 0.05) is 24.2 Å². The van der Waals surface area contributed by atoms with Crippen LogP contribution in [0.1, 0.15) is 57.9 Å². The summed E-state index contributed by atoms with van der Waals surface area (Å²) >= 11 is 0. The van der Waals surface area contributed by atoms with Crippen LogP contribution in [0.2, 0.25) is 0 Å². The lowest BCUT2D eigenvalue weighted by atomic mass is 9.45. The number of Topliss-reactive ketones (excluding diaryl/α,β-unsaturated/α-hetero) is 1. The maximum atomic E-state index is 17.3. The lowest BCUT2D eigenvalue weighted by Crippen LogP contribution is -2.66. The van der Waals surface area contributed by atoms with Crippen LogP contribution < -0.4 is 10.5 Å². The van der Waals surface area contributed by atoms with Crippen molar-refractivity contribution in [3.63, 3.8) is 0 Å². The van der Waals surface area contributed by atoms with Gasteiger partial charge in [0.15, 0.2) is 23.8 Å². The molecule has 0 saturated heterocycles. The molecule has 4 N–H and O–H groups in total. The minimum Gasteiger partial charge on any atom is -0.465 e. The Bertz CT molecular complexity index is 1620. The van der Waals surface area contributed by atoms with Crippen LogP contribution in [0, 0.1) is 38.7 Å². The molecule has 2 fully saturated rings. The highest BCUT2D eigenvalue weighted by Gasteiger charge is 2.72. The first-order valence-corrected chi connectivity index (χ1v) is 16.8. The second-order valence-corrected chi connectivity index (χ2v) is 14.2. The van der Waals surface area contributed by atoms with Gasteiger partial charge in [0.25, 0.3) is 5.09 Å². The molecule has 16 heteroatoms. The summed E-state index contributed by atoms with van der Waals surface area (Å²) in [5.74, 6) is -5.17. The standard InChI is InChI=1S/C35H42F2N2O12/c1-33-17-29(43)35(37)23(15-25(36)24-14-20(40)9-10-34(24,35)2)22(33)16-27(41)30(33)28(42)18-49-32(45)51-21-7-5-19(6-8-21)13-26(38)31(44)48-11-3-4-12-50-39(46)47/h5-10,22-23,26-27,29-30,41,43H,3-4,11-18,38H2,1-2H3/t22?,23?,26-,27+,29-,30+,33-,34-,35-/m0/s1. The molecule has 9 atom stereocenters. The SMILES string of the molecule is C[C@]12C[C@H](O)[C@@]3(F)C(CC(F)=C4CC(=O)C=C[C@@]43C)C1C[C@@H](O)[C@@H]2C(=O)COC(=O)Oc1ccc(C[C@H](N)C(=O)OCCCCO[N+](=O)[O-])cc1. The molecule has 0 radical (unpaired) electrons. The molecular formula is C35H42F2N2O12. The number of nitrogens with zero attached hydrogens (tertiary/aromatic N) is 1. The Morgan fingerprint density at radius 2 is 1.78 bits per heavy atom. The molecular weight excluding hydrogens is 678 g/mol. The molecule has 0 heterocycles. The van der Waals surface area contributed by atoms with Gasteiger partial charge in [0.05, 0.1) is 31.3 Å². The van der Waals surface area contributed by atoms with Gasteiger partial charge < -0.3 is 35.0 Å². The number of rotatable bonds is 13. The van der Waals surface area contributed by atoms with Crippen molar-refractivity contribution in [3.05, 3.63) is 63.5 Å². The molecule has 2 saturated carbocycles. The third-order valence-electron chi connectivity index (χ3n) is 11.2. The summed E-state index contributed by atoms with van der Waals surface area (Å²) in [4.78, 5) is 64.5. The monoisotopic (exact) mass is 720 g/mol. The van der Waals surface area contributed by atoms with E-state index in [9.17, 15) is 39.5 Å². The van der Waals surface area contributed by atoms with Crippen LogP contribution in [0.5, 0.6) is 5.75 Å². The Balaban J connectivity index is 1.14. The number of aliphatic hydroxyl groups excluding tert-OH is 2. The molecule has 0 aliphatic heterocycles. The van der Waals surface area contributed by atoms with Gasteiger partial charge >= 0.3 is 12.1 Å². The molecule has 14 nitrogen and oxygen atoms in total. The van der Waals surface area contributed by atoms with E-state index in [1.54, 1.807) is 19.1 Å². The van der Waals surface area contributed by atoms with Crippen molar-refractivity contribution in [1.82, 2.24) is 0 Å². The van der Waals surface area contributed by atoms with E-state index in [1.165, 1.54) is 31.2 Å². The molecule has 0 amide bonds. The largest absolute Gasteiger partial charge is 0.514 e. The summed E-state index contributed by atoms with van der Waals surface area (Å²) in [6.45, 7) is 2.26.